The fourth-order valence-corrected chi connectivity index (χ4v) is 6.88. The van der Waals surface area contributed by atoms with E-state index in [1.54, 1.807) is 48.7 Å². The summed E-state index contributed by atoms with van der Waals surface area (Å²) >= 11 is 0. The molecule has 2 fully saturated rings. The van der Waals surface area contributed by atoms with Gasteiger partial charge in [0.05, 0.1) is 13.2 Å². The molecule has 3 amide bonds. The van der Waals surface area contributed by atoms with E-state index < -0.39 is 41.6 Å². The molecule has 0 spiro atoms. The zero-order valence-corrected chi connectivity index (χ0v) is 33.2. The summed E-state index contributed by atoms with van der Waals surface area (Å²) in [5, 5.41) is 24.1. The van der Waals surface area contributed by atoms with E-state index in [9.17, 15) is 27.6 Å². The highest BCUT2D eigenvalue weighted by molar-refractivity contribution is 6.01. The van der Waals surface area contributed by atoms with Gasteiger partial charge < -0.3 is 30.5 Å². The van der Waals surface area contributed by atoms with E-state index in [4.69, 9.17) is 25.1 Å². The Hall–Kier alpha value is -6.18. The number of aliphatic carboxylic acids is 1. The molecular weight excluding hydrogens is 794 g/mol. The number of benzene rings is 2. The molecule has 1 saturated carbocycles. The first-order chi connectivity index (χ1) is 28.4. The van der Waals surface area contributed by atoms with Crippen LogP contribution in [0.3, 0.4) is 0 Å². The number of H-pyrrole nitrogens is 1. The molecule has 1 saturated heterocycles. The number of alkyl halides is 3. The summed E-state index contributed by atoms with van der Waals surface area (Å²) in [5.41, 5.74) is 8.48. The molecule has 322 valence electrons. The second kappa shape index (κ2) is 19.7. The Kier molecular flexibility index (Phi) is 14.8. The minimum atomic E-state index is -5.08. The Morgan fingerprint density at radius 1 is 0.983 bits per heavy atom. The largest absolute Gasteiger partial charge is 0.490 e. The standard InChI is InChI=1S/C38H46FN9O5.C2HF3O2/c1-38(2,3)53-37(51)42-23-25-6-10-28(11-7-25)36(50)48(29-14-12-27(13-15-29)34-43-45-46-44-34)31(33(40)49)22-24-4-8-26(9-5-24)30-16-17-41-35(32(30)39)47-18-20-52-21-19-47;3-2(4,5)1(6)7/h4-5,8-9,12-17,25,28,31H,6-7,10-11,18-23H2,1-3H3,(H2,40,49)(H,42,51)(H,43,44,45,46);(H,6,7)/t25-,28-,31-;/m0./s1. The Labute approximate surface area is 342 Å². The quantitative estimate of drug-likeness (QED) is 0.142. The molecule has 1 atom stereocenters. The SMILES string of the molecule is CC(C)(C)OC(=O)NC[C@H]1CC[C@H](C(=O)N(c2ccc(-c3nn[nH]n3)cc2)[C@@H](Cc2ccc(-c3ccnc(N4CCOCC4)c3F)cc2)C(N)=O)CC1.O=C(O)C(F)(F)F. The smallest absolute Gasteiger partial charge is 0.475 e. The van der Waals surface area contributed by atoms with Crippen LogP contribution in [0.2, 0.25) is 0 Å². The monoisotopic (exact) mass is 841 g/mol. The van der Waals surface area contributed by atoms with Gasteiger partial charge in [-0.1, -0.05) is 24.3 Å². The first-order valence-corrected chi connectivity index (χ1v) is 19.2. The van der Waals surface area contributed by atoms with Gasteiger partial charge >= 0.3 is 18.2 Å². The van der Waals surface area contributed by atoms with E-state index in [-0.39, 0.29) is 30.0 Å². The number of alkyl carbamates (subject to hydrolysis) is 1. The predicted molar refractivity (Wildman–Crippen MR) is 210 cm³/mol. The summed E-state index contributed by atoms with van der Waals surface area (Å²) in [6.45, 7) is 8.03. The third-order valence-corrected chi connectivity index (χ3v) is 9.87. The van der Waals surface area contributed by atoms with Crippen molar-refractivity contribution < 1.29 is 51.3 Å². The summed E-state index contributed by atoms with van der Waals surface area (Å²) in [7, 11) is 0. The lowest BCUT2D eigenvalue weighted by atomic mass is 9.81. The number of pyridine rings is 1. The van der Waals surface area contributed by atoms with Crippen molar-refractivity contribution in [3.63, 3.8) is 0 Å². The van der Waals surface area contributed by atoms with E-state index in [1.165, 1.54) is 4.90 Å². The van der Waals surface area contributed by atoms with Crippen molar-refractivity contribution in [2.24, 2.45) is 17.6 Å². The van der Waals surface area contributed by atoms with Gasteiger partial charge in [-0.3, -0.25) is 14.5 Å². The van der Waals surface area contributed by atoms with E-state index in [1.807, 2.05) is 37.8 Å². The van der Waals surface area contributed by atoms with Gasteiger partial charge in [0.25, 0.3) is 0 Å². The molecule has 4 aromatic rings. The fraction of sp³-hybridized carbons (Fsp3) is 0.450. The first kappa shape index (κ1) is 44.9. The highest BCUT2D eigenvalue weighted by Crippen LogP contribution is 2.34. The Balaban J connectivity index is 0.000000896. The zero-order chi connectivity index (χ0) is 43.6. The second-order valence-corrected chi connectivity index (χ2v) is 15.3. The Morgan fingerprint density at radius 2 is 1.60 bits per heavy atom. The number of anilines is 2. The molecular formula is C40H47F4N9O7. The lowest BCUT2D eigenvalue weighted by molar-refractivity contribution is -0.192. The number of nitrogens with two attached hydrogens (primary N) is 1. The summed E-state index contributed by atoms with van der Waals surface area (Å²) in [4.78, 5) is 56.5. The average molecular weight is 842 g/mol. The normalized spacial score (nSPS) is 17.4. The number of morpholine rings is 1. The van der Waals surface area contributed by atoms with Crippen LogP contribution in [0, 0.1) is 17.7 Å². The van der Waals surface area contributed by atoms with Gasteiger partial charge in [0.1, 0.15) is 11.6 Å². The summed E-state index contributed by atoms with van der Waals surface area (Å²) in [6.07, 6.45) is -1.20. The van der Waals surface area contributed by atoms with E-state index in [2.05, 4.69) is 30.9 Å². The summed E-state index contributed by atoms with van der Waals surface area (Å²) in [6, 6.07) is 14.9. The van der Waals surface area contributed by atoms with Crippen molar-refractivity contribution in [1.29, 1.82) is 0 Å². The maximum Gasteiger partial charge on any atom is 0.490 e. The summed E-state index contributed by atoms with van der Waals surface area (Å²) < 4.78 is 58.2. The molecule has 1 aliphatic heterocycles. The molecule has 2 aliphatic rings. The van der Waals surface area contributed by atoms with Crippen molar-refractivity contribution in [2.45, 2.75) is 70.7 Å². The van der Waals surface area contributed by atoms with Gasteiger partial charge in [-0.2, -0.15) is 18.4 Å². The summed E-state index contributed by atoms with van der Waals surface area (Å²) in [5.74, 6) is -3.51. The van der Waals surface area contributed by atoms with Crippen molar-refractivity contribution in [1.82, 2.24) is 30.9 Å². The number of aromatic amines is 1. The van der Waals surface area contributed by atoms with Crippen LogP contribution in [0.25, 0.3) is 22.5 Å². The number of primary amides is 1. The van der Waals surface area contributed by atoms with Gasteiger partial charge in [-0.15, -0.1) is 10.2 Å². The van der Waals surface area contributed by atoms with Crippen molar-refractivity contribution in [3.8, 4) is 22.5 Å². The van der Waals surface area contributed by atoms with Gasteiger partial charge in [0.2, 0.25) is 17.6 Å². The van der Waals surface area contributed by atoms with Crippen molar-refractivity contribution in [3.05, 3.63) is 72.2 Å². The number of rotatable bonds is 11. The van der Waals surface area contributed by atoms with Crippen molar-refractivity contribution >= 4 is 35.4 Å². The van der Waals surface area contributed by atoms with Gasteiger partial charge in [0, 0.05) is 55.0 Å². The molecule has 20 heteroatoms. The molecule has 5 N–H and O–H groups in total. The Bertz CT molecular complexity index is 2070. The average Bonchev–Trinajstić information content (AvgIpc) is 3.76. The number of aromatic nitrogens is 5. The minimum Gasteiger partial charge on any atom is -0.475 e. The number of amides is 3. The lowest BCUT2D eigenvalue weighted by Gasteiger charge is -2.36. The van der Waals surface area contributed by atoms with Gasteiger partial charge in [0.15, 0.2) is 11.6 Å². The maximum absolute atomic E-state index is 15.7. The van der Waals surface area contributed by atoms with Crippen LogP contribution >= 0.6 is 0 Å². The minimum absolute atomic E-state index is 0.140. The molecule has 1 aliphatic carbocycles. The number of carboxylic acid groups (broad SMARTS) is 1. The number of nitrogens with zero attached hydrogens (tertiary/aromatic N) is 6. The fourth-order valence-electron chi connectivity index (χ4n) is 6.88. The zero-order valence-electron chi connectivity index (χ0n) is 33.2. The van der Waals surface area contributed by atoms with Crippen LogP contribution < -0.4 is 20.9 Å². The highest BCUT2D eigenvalue weighted by atomic mass is 19.4. The second-order valence-electron chi connectivity index (χ2n) is 15.3. The van der Waals surface area contributed by atoms with E-state index >= 15 is 4.39 Å². The molecule has 60 heavy (non-hydrogen) atoms. The Morgan fingerprint density at radius 3 is 2.15 bits per heavy atom. The van der Waals surface area contributed by atoms with Crippen LogP contribution in [-0.2, 0) is 30.3 Å². The highest BCUT2D eigenvalue weighted by Gasteiger charge is 2.38. The van der Waals surface area contributed by atoms with Gasteiger partial charge in [-0.05, 0) is 99.0 Å². The van der Waals surface area contributed by atoms with Crippen molar-refractivity contribution in [2.75, 3.05) is 42.6 Å². The number of carboxylic acids is 1. The number of nitrogens with one attached hydrogen (secondary N) is 2. The van der Waals surface area contributed by atoms with E-state index in [0.29, 0.717) is 73.9 Å². The topological polar surface area (TPSA) is 219 Å². The molecule has 2 aromatic carbocycles. The van der Waals surface area contributed by atoms with Crippen LogP contribution in [-0.4, -0.2) is 105 Å². The third-order valence-electron chi connectivity index (χ3n) is 9.87. The first-order valence-electron chi connectivity index (χ1n) is 19.2. The lowest BCUT2D eigenvalue weighted by Crippen LogP contribution is -2.52. The number of carbonyl (C=O) groups excluding carboxylic acids is 3. The molecule has 16 nitrogen and oxygen atoms in total. The van der Waals surface area contributed by atoms with Crippen LogP contribution in [0.5, 0.6) is 0 Å². The number of halogens is 4. The van der Waals surface area contributed by atoms with Gasteiger partial charge in [-0.25, -0.2) is 19.0 Å². The van der Waals surface area contributed by atoms with E-state index in [0.717, 1.165) is 18.4 Å². The predicted octanol–water partition coefficient (Wildman–Crippen LogP) is 5.30. The molecule has 0 bridgehead atoms. The van der Waals surface area contributed by atoms with Crippen LogP contribution in [0.1, 0.15) is 52.0 Å². The molecule has 6 rings (SSSR count). The number of tetrazole rings is 1. The molecule has 3 heterocycles. The number of hydrogen-bond acceptors (Lipinski definition) is 11. The third kappa shape index (κ3) is 12.2. The number of ether oxygens (including phenoxy) is 2. The van der Waals surface area contributed by atoms with Crippen LogP contribution in [0.15, 0.2) is 60.8 Å². The molecule has 0 radical (unpaired) electrons. The maximum atomic E-state index is 15.7. The number of carbonyl (C=O) groups is 4. The molecule has 0 unspecified atom stereocenters. The number of hydrogen-bond donors (Lipinski definition) is 4. The molecule has 2 aromatic heterocycles. The van der Waals surface area contributed by atoms with Crippen LogP contribution in [0.4, 0.5) is 33.9 Å².